The minimum Gasteiger partial charge on any atom is -0.462 e. The van der Waals surface area contributed by atoms with Gasteiger partial charge >= 0.3 is 5.97 Å². The summed E-state index contributed by atoms with van der Waals surface area (Å²) in [6.07, 6.45) is 1.74. The molecular weight excluding hydrogens is 454 g/mol. The van der Waals surface area contributed by atoms with Crippen molar-refractivity contribution < 1.29 is 23.8 Å². The number of halogens is 1. The summed E-state index contributed by atoms with van der Waals surface area (Å²) in [7, 11) is 0. The van der Waals surface area contributed by atoms with Crippen LogP contribution in [0.2, 0.25) is 5.02 Å². The third-order valence-corrected chi connectivity index (χ3v) is 6.81. The number of carbonyl (C=O) groups excluding carboxylic acids is 2. The summed E-state index contributed by atoms with van der Waals surface area (Å²) in [6, 6.07) is 13.2. The van der Waals surface area contributed by atoms with E-state index >= 15 is 0 Å². The van der Waals surface area contributed by atoms with E-state index in [9.17, 15) is 9.59 Å². The van der Waals surface area contributed by atoms with Gasteiger partial charge in [-0.2, -0.15) is 0 Å². The Kier molecular flexibility index (Phi) is 6.09. The minimum absolute atomic E-state index is 0.0182. The van der Waals surface area contributed by atoms with Crippen LogP contribution in [-0.2, 0) is 14.3 Å². The predicted octanol–water partition coefficient (Wildman–Crippen LogP) is 5.38. The van der Waals surface area contributed by atoms with Gasteiger partial charge < -0.3 is 19.5 Å². The molecule has 2 aromatic carbocycles. The summed E-state index contributed by atoms with van der Waals surface area (Å²) in [5.74, 6) is 0.377. The molecule has 6 nitrogen and oxygen atoms in total. The number of fused-ring (bicyclic) bond motifs is 1. The number of rotatable bonds is 5. The van der Waals surface area contributed by atoms with Crippen molar-refractivity contribution in [2.45, 2.75) is 44.9 Å². The standard InChI is InChI=1S/C27H26ClNO5/c1-3-10-32-27(31)24-15(2)29-20-11-18(16-4-7-19(28)8-5-16)12-21(30)26(20)25(24)17-6-9-22-23(13-17)34-14-33-22/h4-9,13,18,25,29H,3,10-12,14H2,1-2H3/t18-,25+/m0/s1. The van der Waals surface area contributed by atoms with Crippen molar-refractivity contribution in [1.82, 2.24) is 5.32 Å². The molecule has 1 aliphatic carbocycles. The molecule has 0 amide bonds. The summed E-state index contributed by atoms with van der Waals surface area (Å²) in [5, 5.41) is 4.04. The van der Waals surface area contributed by atoms with Gasteiger partial charge in [0.05, 0.1) is 12.2 Å². The number of dihydropyridines is 1. The lowest BCUT2D eigenvalue weighted by atomic mass is 9.71. The van der Waals surface area contributed by atoms with Crippen LogP contribution in [0.3, 0.4) is 0 Å². The van der Waals surface area contributed by atoms with Gasteiger partial charge in [-0.3, -0.25) is 4.79 Å². The van der Waals surface area contributed by atoms with Gasteiger partial charge in [0.2, 0.25) is 6.79 Å². The number of carbonyl (C=O) groups is 2. The Labute approximate surface area is 203 Å². The van der Waals surface area contributed by atoms with E-state index in [1.807, 2.05) is 56.3 Å². The molecule has 0 radical (unpaired) electrons. The molecule has 0 fully saturated rings. The van der Waals surface area contributed by atoms with Crippen LogP contribution in [0.4, 0.5) is 0 Å². The monoisotopic (exact) mass is 479 g/mol. The maximum absolute atomic E-state index is 13.6. The number of Topliss-reactive ketones (excluding diaryl/α,β-unsaturated/α-hetero) is 1. The van der Waals surface area contributed by atoms with E-state index in [-0.39, 0.29) is 18.5 Å². The van der Waals surface area contributed by atoms with Crippen LogP contribution in [0.25, 0.3) is 0 Å². The number of nitrogens with one attached hydrogen (secondary N) is 1. The lowest BCUT2D eigenvalue weighted by molar-refractivity contribution is -0.139. The Morgan fingerprint density at radius 1 is 1.09 bits per heavy atom. The molecule has 2 heterocycles. The number of ketones is 1. The zero-order chi connectivity index (χ0) is 23.8. The maximum Gasteiger partial charge on any atom is 0.336 e. The molecule has 2 aliphatic heterocycles. The van der Waals surface area contributed by atoms with Crippen molar-refractivity contribution in [2.24, 2.45) is 0 Å². The van der Waals surface area contributed by atoms with Crippen LogP contribution in [0.5, 0.6) is 11.5 Å². The SMILES string of the molecule is CCCOC(=O)C1=C(C)NC2=C(C(=O)C[C@@H](c3ccc(Cl)cc3)C2)[C@@H]1c1ccc2c(c1)OCO2. The zero-order valence-corrected chi connectivity index (χ0v) is 19.9. The van der Waals surface area contributed by atoms with Crippen molar-refractivity contribution in [2.75, 3.05) is 13.4 Å². The molecule has 0 bridgehead atoms. The first kappa shape index (κ1) is 22.5. The molecule has 5 rings (SSSR count). The van der Waals surface area contributed by atoms with Crippen LogP contribution >= 0.6 is 11.6 Å². The number of allylic oxidation sites excluding steroid dienone is 3. The number of hydrogen-bond acceptors (Lipinski definition) is 6. The normalized spacial score (nSPS) is 21.3. The summed E-state index contributed by atoms with van der Waals surface area (Å²) in [5.41, 5.74) is 4.51. The highest BCUT2D eigenvalue weighted by Crippen LogP contribution is 2.47. The first-order chi connectivity index (χ1) is 16.5. The zero-order valence-electron chi connectivity index (χ0n) is 19.2. The number of hydrogen-bond donors (Lipinski definition) is 1. The Bertz CT molecular complexity index is 1210. The third-order valence-electron chi connectivity index (χ3n) is 6.56. The van der Waals surface area contributed by atoms with Crippen molar-refractivity contribution in [3.63, 3.8) is 0 Å². The summed E-state index contributed by atoms with van der Waals surface area (Å²) < 4.78 is 16.6. The molecule has 0 aromatic heterocycles. The first-order valence-electron chi connectivity index (χ1n) is 11.5. The van der Waals surface area contributed by atoms with Gasteiger partial charge in [-0.15, -0.1) is 0 Å². The van der Waals surface area contributed by atoms with Gasteiger partial charge in [0.25, 0.3) is 0 Å². The predicted molar refractivity (Wildman–Crippen MR) is 128 cm³/mol. The molecule has 2 aromatic rings. The fourth-order valence-electron chi connectivity index (χ4n) is 4.98. The van der Waals surface area contributed by atoms with Crippen molar-refractivity contribution in [1.29, 1.82) is 0 Å². The van der Waals surface area contributed by atoms with Crippen LogP contribution in [0.1, 0.15) is 56.1 Å². The second kappa shape index (κ2) is 9.18. The Balaban J connectivity index is 1.57. The molecule has 0 spiro atoms. The highest BCUT2D eigenvalue weighted by atomic mass is 35.5. The topological polar surface area (TPSA) is 73.9 Å². The van der Waals surface area contributed by atoms with Crippen LogP contribution in [-0.4, -0.2) is 25.2 Å². The van der Waals surface area contributed by atoms with E-state index < -0.39 is 11.9 Å². The second-order valence-corrected chi connectivity index (χ2v) is 9.25. The highest BCUT2D eigenvalue weighted by Gasteiger charge is 2.41. The van der Waals surface area contributed by atoms with E-state index in [1.54, 1.807) is 0 Å². The smallest absolute Gasteiger partial charge is 0.336 e. The Morgan fingerprint density at radius 3 is 2.59 bits per heavy atom. The van der Waals surface area contributed by atoms with Crippen molar-refractivity contribution in [3.8, 4) is 11.5 Å². The molecular formula is C27H26ClNO5. The van der Waals surface area contributed by atoms with E-state index in [4.69, 9.17) is 25.8 Å². The summed E-state index contributed by atoms with van der Waals surface area (Å²) in [6.45, 7) is 4.29. The van der Waals surface area contributed by atoms with Gasteiger partial charge in [-0.25, -0.2) is 4.79 Å². The molecule has 3 aliphatic rings. The highest BCUT2D eigenvalue weighted by molar-refractivity contribution is 6.30. The summed E-state index contributed by atoms with van der Waals surface area (Å²) >= 11 is 6.06. The number of esters is 1. The molecule has 34 heavy (non-hydrogen) atoms. The van der Waals surface area contributed by atoms with E-state index in [1.165, 1.54) is 0 Å². The molecule has 0 unspecified atom stereocenters. The fourth-order valence-corrected chi connectivity index (χ4v) is 5.10. The molecule has 176 valence electrons. The van der Waals surface area contributed by atoms with Crippen molar-refractivity contribution >= 4 is 23.4 Å². The number of ether oxygens (including phenoxy) is 3. The Morgan fingerprint density at radius 2 is 1.82 bits per heavy atom. The largest absolute Gasteiger partial charge is 0.462 e. The van der Waals surface area contributed by atoms with Crippen LogP contribution in [0, 0.1) is 0 Å². The van der Waals surface area contributed by atoms with E-state index in [2.05, 4.69) is 5.32 Å². The molecule has 0 saturated heterocycles. The van der Waals surface area contributed by atoms with Crippen LogP contribution in [0.15, 0.2) is 65.0 Å². The van der Waals surface area contributed by atoms with Gasteiger partial charge in [-0.1, -0.05) is 36.7 Å². The lowest BCUT2D eigenvalue weighted by Gasteiger charge is -2.36. The van der Waals surface area contributed by atoms with Gasteiger partial charge in [0.1, 0.15) is 0 Å². The van der Waals surface area contributed by atoms with Gasteiger partial charge in [-0.05, 0) is 61.1 Å². The quantitative estimate of drug-likeness (QED) is 0.580. The van der Waals surface area contributed by atoms with E-state index in [0.717, 1.165) is 23.2 Å². The molecule has 7 heteroatoms. The third kappa shape index (κ3) is 4.07. The molecule has 0 saturated carbocycles. The van der Waals surface area contributed by atoms with Gasteiger partial charge in [0.15, 0.2) is 17.3 Å². The Hall–Kier alpha value is -3.25. The average molecular weight is 480 g/mol. The van der Waals surface area contributed by atoms with Gasteiger partial charge in [0, 0.05) is 34.3 Å². The number of benzene rings is 2. The maximum atomic E-state index is 13.6. The second-order valence-electron chi connectivity index (χ2n) is 8.82. The van der Waals surface area contributed by atoms with E-state index in [0.29, 0.717) is 52.8 Å². The van der Waals surface area contributed by atoms with Crippen molar-refractivity contribution in [3.05, 3.63) is 81.2 Å². The van der Waals surface area contributed by atoms with Crippen LogP contribution < -0.4 is 14.8 Å². The fraction of sp³-hybridized carbons (Fsp3) is 0.333. The molecule has 1 N–H and O–H groups in total. The molecule has 2 atom stereocenters. The first-order valence-corrected chi connectivity index (χ1v) is 11.9. The minimum atomic E-state index is -0.534. The lowest BCUT2D eigenvalue weighted by Crippen LogP contribution is -2.36. The average Bonchev–Trinajstić information content (AvgIpc) is 3.30. The summed E-state index contributed by atoms with van der Waals surface area (Å²) in [4.78, 5) is 26.8.